The van der Waals surface area contributed by atoms with E-state index in [0.717, 1.165) is 6.42 Å². The van der Waals surface area contributed by atoms with Gasteiger partial charge in [0, 0.05) is 6.04 Å². The minimum Gasteiger partial charge on any atom is -0.328 e. The Morgan fingerprint density at radius 1 is 0.944 bits per heavy atom. The van der Waals surface area contributed by atoms with Crippen LogP contribution in [0.1, 0.15) is 60.4 Å². The summed E-state index contributed by atoms with van der Waals surface area (Å²) in [6, 6.07) is 2.83. The van der Waals surface area contributed by atoms with Crippen LogP contribution in [0.2, 0.25) is 0 Å². The molecule has 18 heavy (non-hydrogen) atoms. The molecule has 1 aromatic rings. The lowest BCUT2D eigenvalue weighted by Gasteiger charge is -2.28. The molecule has 3 rings (SSSR count). The van der Waals surface area contributed by atoms with Gasteiger partial charge in [-0.05, 0) is 92.5 Å². The first-order chi connectivity index (χ1) is 8.75. The monoisotopic (exact) mass is 243 g/mol. The zero-order valence-electron chi connectivity index (χ0n) is 11.6. The fourth-order valence-corrected chi connectivity index (χ4v) is 3.83. The number of nitrogens with two attached hydrogens (primary N) is 1. The lowest BCUT2D eigenvalue weighted by molar-refractivity contribution is 0.631. The van der Waals surface area contributed by atoms with Crippen molar-refractivity contribution in [1.82, 2.24) is 0 Å². The van der Waals surface area contributed by atoms with Gasteiger partial charge in [0.2, 0.25) is 0 Å². The van der Waals surface area contributed by atoms with Crippen LogP contribution in [-0.4, -0.2) is 6.04 Å². The van der Waals surface area contributed by atoms with Crippen LogP contribution >= 0.6 is 0 Å². The number of rotatable bonds is 2. The van der Waals surface area contributed by atoms with Gasteiger partial charge in [-0.2, -0.15) is 0 Å². The van der Waals surface area contributed by atoms with Crippen molar-refractivity contribution in [1.29, 1.82) is 0 Å². The van der Waals surface area contributed by atoms with E-state index in [1.807, 2.05) is 0 Å². The van der Waals surface area contributed by atoms with Crippen LogP contribution in [0, 0.1) is 0 Å². The second-order valence-corrected chi connectivity index (χ2v) is 6.23. The average molecular weight is 243 g/mol. The van der Waals surface area contributed by atoms with Crippen LogP contribution < -0.4 is 5.73 Å². The summed E-state index contributed by atoms with van der Waals surface area (Å²) in [6.45, 7) is 2.15. The van der Waals surface area contributed by atoms with E-state index in [2.05, 4.69) is 13.0 Å². The molecule has 0 saturated heterocycles. The lowest BCUT2D eigenvalue weighted by Crippen LogP contribution is -2.23. The summed E-state index contributed by atoms with van der Waals surface area (Å²) in [6.07, 6.45) is 11.8. The molecule has 1 unspecified atom stereocenters. The van der Waals surface area contributed by atoms with Gasteiger partial charge in [-0.25, -0.2) is 0 Å². The smallest absolute Gasteiger partial charge is 0.00511 e. The van der Waals surface area contributed by atoms with Crippen molar-refractivity contribution in [3.05, 3.63) is 33.9 Å². The van der Waals surface area contributed by atoms with E-state index in [4.69, 9.17) is 5.73 Å². The minimum absolute atomic E-state index is 0.296. The van der Waals surface area contributed by atoms with Gasteiger partial charge in [-0.3, -0.25) is 0 Å². The Balaban J connectivity index is 2.11. The fraction of sp³-hybridized carbons (Fsp3) is 0.647. The van der Waals surface area contributed by atoms with Crippen LogP contribution in [0.3, 0.4) is 0 Å². The topological polar surface area (TPSA) is 26.0 Å². The first-order valence-electron chi connectivity index (χ1n) is 7.66. The molecule has 1 heteroatoms. The minimum atomic E-state index is 0.296. The van der Waals surface area contributed by atoms with E-state index in [-0.39, 0.29) is 0 Å². The van der Waals surface area contributed by atoms with Crippen molar-refractivity contribution >= 4 is 0 Å². The molecule has 1 nitrogen and oxygen atoms in total. The molecule has 0 aromatic heterocycles. The molecule has 2 aliphatic carbocycles. The Bertz CT molecular complexity index is 411. The predicted molar refractivity (Wildman–Crippen MR) is 77.1 cm³/mol. The molecule has 0 saturated carbocycles. The zero-order chi connectivity index (χ0) is 12.5. The largest absolute Gasteiger partial charge is 0.328 e. The molecule has 2 aliphatic rings. The van der Waals surface area contributed by atoms with Crippen LogP contribution in [0.5, 0.6) is 0 Å². The zero-order valence-corrected chi connectivity index (χ0v) is 11.6. The summed E-state index contributed by atoms with van der Waals surface area (Å²) >= 11 is 0. The molecule has 1 atom stereocenters. The molecular weight excluding hydrogens is 218 g/mol. The quantitative estimate of drug-likeness (QED) is 0.847. The van der Waals surface area contributed by atoms with Gasteiger partial charge >= 0.3 is 0 Å². The number of aryl methyl sites for hydroxylation is 2. The highest BCUT2D eigenvalue weighted by Gasteiger charge is 2.22. The van der Waals surface area contributed by atoms with Crippen LogP contribution in [0.15, 0.2) is 6.07 Å². The van der Waals surface area contributed by atoms with Gasteiger partial charge in [-0.1, -0.05) is 6.07 Å². The number of hydrogen-bond donors (Lipinski definition) is 1. The summed E-state index contributed by atoms with van der Waals surface area (Å²) in [4.78, 5) is 0. The second-order valence-electron chi connectivity index (χ2n) is 6.23. The lowest BCUT2D eigenvalue weighted by atomic mass is 9.78. The normalized spacial score (nSPS) is 20.1. The van der Waals surface area contributed by atoms with E-state index in [1.165, 1.54) is 51.4 Å². The van der Waals surface area contributed by atoms with E-state index in [9.17, 15) is 0 Å². The maximum atomic E-state index is 6.09. The van der Waals surface area contributed by atoms with Gasteiger partial charge in [0.1, 0.15) is 0 Å². The maximum Gasteiger partial charge on any atom is 0.00511 e. The summed E-state index contributed by atoms with van der Waals surface area (Å²) in [7, 11) is 0. The van der Waals surface area contributed by atoms with Gasteiger partial charge < -0.3 is 5.73 Å². The summed E-state index contributed by atoms with van der Waals surface area (Å²) < 4.78 is 0. The number of fused-ring (bicyclic) bond motifs is 2. The summed E-state index contributed by atoms with van der Waals surface area (Å²) in [5.74, 6) is 0. The third kappa shape index (κ3) is 2.21. The van der Waals surface area contributed by atoms with Crippen LogP contribution in [0.25, 0.3) is 0 Å². The van der Waals surface area contributed by atoms with Gasteiger partial charge in [0.05, 0.1) is 0 Å². The van der Waals surface area contributed by atoms with Crippen molar-refractivity contribution in [3.8, 4) is 0 Å². The number of hydrogen-bond acceptors (Lipinski definition) is 1. The van der Waals surface area contributed by atoms with Gasteiger partial charge in [0.25, 0.3) is 0 Å². The Labute approximate surface area is 111 Å². The van der Waals surface area contributed by atoms with E-state index >= 15 is 0 Å². The molecule has 0 amide bonds. The predicted octanol–water partition coefficient (Wildman–Crippen LogP) is 3.33. The molecule has 0 bridgehead atoms. The van der Waals surface area contributed by atoms with Crippen molar-refractivity contribution in [2.45, 2.75) is 70.8 Å². The van der Waals surface area contributed by atoms with Crippen molar-refractivity contribution in [2.75, 3.05) is 0 Å². The highest BCUT2D eigenvalue weighted by Crippen LogP contribution is 2.34. The standard InChI is InChI=1S/C17H25N/c1-12(18)10-17-15-8-4-2-6-13(15)11-14-7-3-5-9-16(14)17/h11-12H,2-10,18H2,1H3. The maximum absolute atomic E-state index is 6.09. The average Bonchev–Trinajstić information content (AvgIpc) is 2.38. The Kier molecular flexibility index (Phi) is 3.43. The number of benzene rings is 1. The Morgan fingerprint density at radius 2 is 1.44 bits per heavy atom. The summed E-state index contributed by atoms with van der Waals surface area (Å²) in [5.41, 5.74) is 14.4. The van der Waals surface area contributed by atoms with Crippen LogP contribution in [-0.2, 0) is 32.1 Å². The Hall–Kier alpha value is -0.820. The van der Waals surface area contributed by atoms with Gasteiger partial charge in [-0.15, -0.1) is 0 Å². The molecule has 0 spiro atoms. The highest BCUT2D eigenvalue weighted by atomic mass is 14.6. The summed E-state index contributed by atoms with van der Waals surface area (Å²) in [5, 5.41) is 0. The molecule has 0 radical (unpaired) electrons. The molecule has 0 heterocycles. The van der Waals surface area contributed by atoms with Crippen molar-refractivity contribution < 1.29 is 0 Å². The van der Waals surface area contributed by atoms with E-state index in [1.54, 1.807) is 27.8 Å². The second kappa shape index (κ2) is 5.05. The SMILES string of the molecule is CC(N)Cc1c2c(cc3c1CCCC3)CCCC2. The molecule has 98 valence electrons. The highest BCUT2D eigenvalue weighted by molar-refractivity contribution is 5.48. The molecule has 1 aromatic carbocycles. The first-order valence-corrected chi connectivity index (χ1v) is 7.66. The van der Waals surface area contributed by atoms with Crippen molar-refractivity contribution in [3.63, 3.8) is 0 Å². The third-order valence-corrected chi connectivity index (χ3v) is 4.62. The molecular formula is C17H25N. The van der Waals surface area contributed by atoms with Crippen LogP contribution in [0.4, 0.5) is 0 Å². The molecule has 0 fully saturated rings. The van der Waals surface area contributed by atoms with Gasteiger partial charge in [0.15, 0.2) is 0 Å². The van der Waals surface area contributed by atoms with E-state index < -0.39 is 0 Å². The Morgan fingerprint density at radius 3 is 1.94 bits per heavy atom. The molecule has 0 aliphatic heterocycles. The fourth-order valence-electron chi connectivity index (χ4n) is 3.83. The van der Waals surface area contributed by atoms with E-state index in [0.29, 0.717) is 6.04 Å². The van der Waals surface area contributed by atoms with Crippen molar-refractivity contribution in [2.24, 2.45) is 5.73 Å². The third-order valence-electron chi connectivity index (χ3n) is 4.62. The first kappa shape index (κ1) is 12.2. The molecule has 2 N–H and O–H groups in total.